The molecule has 2 aromatic rings. The van der Waals surface area contributed by atoms with Crippen molar-refractivity contribution in [3.05, 3.63) is 41.8 Å². The number of amides is 2. The number of likely N-dealkylation sites (tertiary alicyclic amines) is 1. The van der Waals surface area contributed by atoms with Gasteiger partial charge in [0.05, 0.1) is 5.56 Å². The molecule has 126 valence electrons. The first-order chi connectivity index (χ1) is 11.6. The molecule has 3 rings (SSSR count). The van der Waals surface area contributed by atoms with E-state index in [0.717, 1.165) is 13.0 Å². The predicted molar refractivity (Wildman–Crippen MR) is 89.0 cm³/mol. The third-order valence-electron chi connectivity index (χ3n) is 4.26. The number of carbonyl (C=O) groups is 2. The Bertz CT molecular complexity index is 778. The number of benzene rings is 1. The zero-order valence-corrected chi connectivity index (χ0v) is 13.6. The molecule has 2 heterocycles. The fourth-order valence-electron chi connectivity index (χ4n) is 3.06. The Labute approximate surface area is 139 Å². The molecule has 0 spiro atoms. The lowest BCUT2D eigenvalue weighted by atomic mass is 10.1. The van der Waals surface area contributed by atoms with Gasteiger partial charge in [0.25, 0.3) is 5.91 Å². The highest BCUT2D eigenvalue weighted by Crippen LogP contribution is 2.18. The fraction of sp³-hybridized carbons (Fsp3) is 0.389. The maximum Gasteiger partial charge on any atom is 0.252 e. The minimum Gasteiger partial charge on any atom is -0.352 e. The Kier molecular flexibility index (Phi) is 4.74. The third kappa shape index (κ3) is 3.37. The van der Waals surface area contributed by atoms with E-state index in [1.807, 2.05) is 11.8 Å². The van der Waals surface area contributed by atoms with Crippen LogP contribution in [0, 0.1) is 11.7 Å². The molecule has 24 heavy (non-hydrogen) atoms. The predicted octanol–water partition coefficient (Wildman–Crippen LogP) is 2.36. The summed E-state index contributed by atoms with van der Waals surface area (Å²) in [5, 5.41) is 3.44. The van der Waals surface area contributed by atoms with Crippen LogP contribution >= 0.6 is 0 Å². The monoisotopic (exact) mass is 329 g/mol. The fourth-order valence-corrected chi connectivity index (χ4v) is 3.06. The Balaban J connectivity index is 1.62. The van der Waals surface area contributed by atoms with Crippen molar-refractivity contribution >= 4 is 22.7 Å². The number of pyridine rings is 1. The maximum absolute atomic E-state index is 13.6. The summed E-state index contributed by atoms with van der Waals surface area (Å²) in [6.45, 7) is 3.95. The second kappa shape index (κ2) is 6.95. The SMILES string of the molecule is CCCN1CC(CNC(=O)c2cnc3c(F)cccc3c2)CC1=O. The Morgan fingerprint density at radius 2 is 2.29 bits per heavy atom. The maximum atomic E-state index is 13.6. The lowest BCUT2D eigenvalue weighted by Gasteiger charge is -2.15. The van der Waals surface area contributed by atoms with E-state index in [0.29, 0.717) is 30.5 Å². The molecule has 5 nitrogen and oxygen atoms in total. The summed E-state index contributed by atoms with van der Waals surface area (Å²) in [5.74, 6) is -0.368. The summed E-state index contributed by atoms with van der Waals surface area (Å²) in [7, 11) is 0. The summed E-state index contributed by atoms with van der Waals surface area (Å²) < 4.78 is 13.6. The molecule has 1 unspecified atom stereocenters. The second-order valence-electron chi connectivity index (χ2n) is 6.16. The van der Waals surface area contributed by atoms with Crippen molar-refractivity contribution in [2.45, 2.75) is 19.8 Å². The summed E-state index contributed by atoms with van der Waals surface area (Å²) in [5.41, 5.74) is 0.647. The number of rotatable bonds is 5. The van der Waals surface area contributed by atoms with E-state index in [2.05, 4.69) is 10.3 Å². The zero-order chi connectivity index (χ0) is 17.1. The van der Waals surface area contributed by atoms with E-state index in [9.17, 15) is 14.0 Å². The molecule has 1 aromatic carbocycles. The van der Waals surface area contributed by atoms with Crippen LogP contribution in [0.15, 0.2) is 30.5 Å². The summed E-state index contributed by atoms with van der Waals surface area (Å²) in [6, 6.07) is 6.28. The second-order valence-corrected chi connectivity index (χ2v) is 6.16. The van der Waals surface area contributed by atoms with Crippen LogP contribution in [0.25, 0.3) is 10.9 Å². The molecule has 1 aliphatic rings. The van der Waals surface area contributed by atoms with Gasteiger partial charge in [0, 0.05) is 43.6 Å². The number of nitrogens with zero attached hydrogens (tertiary/aromatic N) is 2. The van der Waals surface area contributed by atoms with Gasteiger partial charge in [-0.3, -0.25) is 14.6 Å². The van der Waals surface area contributed by atoms with Crippen molar-refractivity contribution in [2.24, 2.45) is 5.92 Å². The van der Waals surface area contributed by atoms with Crippen molar-refractivity contribution < 1.29 is 14.0 Å². The molecule has 6 heteroatoms. The minimum atomic E-state index is -0.403. The molecule has 1 N–H and O–H groups in total. The van der Waals surface area contributed by atoms with Crippen LogP contribution < -0.4 is 5.32 Å². The van der Waals surface area contributed by atoms with Gasteiger partial charge in [0.2, 0.25) is 5.91 Å². The first-order valence-electron chi connectivity index (χ1n) is 8.18. The number of halogens is 1. The van der Waals surface area contributed by atoms with Gasteiger partial charge in [-0.15, -0.1) is 0 Å². The number of hydrogen-bond donors (Lipinski definition) is 1. The van der Waals surface area contributed by atoms with E-state index in [-0.39, 0.29) is 23.2 Å². The largest absolute Gasteiger partial charge is 0.352 e. The van der Waals surface area contributed by atoms with E-state index < -0.39 is 5.82 Å². The van der Waals surface area contributed by atoms with Crippen molar-refractivity contribution in [1.29, 1.82) is 0 Å². The first-order valence-corrected chi connectivity index (χ1v) is 8.18. The van der Waals surface area contributed by atoms with Crippen molar-refractivity contribution in [1.82, 2.24) is 15.2 Å². The van der Waals surface area contributed by atoms with Crippen LogP contribution in [0.2, 0.25) is 0 Å². The molecular formula is C18H20FN3O2. The van der Waals surface area contributed by atoms with Gasteiger partial charge in [0.15, 0.2) is 0 Å². The number of para-hydroxylation sites is 1. The molecule has 1 fully saturated rings. The average Bonchev–Trinajstić information content (AvgIpc) is 2.93. The highest BCUT2D eigenvalue weighted by Gasteiger charge is 2.29. The molecule has 0 saturated carbocycles. The molecule has 1 aliphatic heterocycles. The number of hydrogen-bond acceptors (Lipinski definition) is 3. The normalized spacial score (nSPS) is 17.5. The molecular weight excluding hydrogens is 309 g/mol. The van der Waals surface area contributed by atoms with Crippen LogP contribution in [-0.4, -0.2) is 41.3 Å². The summed E-state index contributed by atoms with van der Waals surface area (Å²) in [6.07, 6.45) is 2.79. The highest BCUT2D eigenvalue weighted by molar-refractivity contribution is 5.97. The molecule has 2 amide bonds. The van der Waals surface area contributed by atoms with Gasteiger partial charge in [-0.1, -0.05) is 19.1 Å². The van der Waals surface area contributed by atoms with Crippen molar-refractivity contribution in [3.8, 4) is 0 Å². The van der Waals surface area contributed by atoms with Gasteiger partial charge in [-0.2, -0.15) is 0 Å². The number of fused-ring (bicyclic) bond motifs is 1. The molecule has 0 aliphatic carbocycles. The number of nitrogens with one attached hydrogen (secondary N) is 1. The van der Waals surface area contributed by atoms with Crippen LogP contribution in [0.5, 0.6) is 0 Å². The van der Waals surface area contributed by atoms with Crippen LogP contribution in [-0.2, 0) is 4.79 Å². The lowest BCUT2D eigenvalue weighted by molar-refractivity contribution is -0.127. The quantitative estimate of drug-likeness (QED) is 0.916. The van der Waals surface area contributed by atoms with Gasteiger partial charge in [0.1, 0.15) is 11.3 Å². The van der Waals surface area contributed by atoms with Crippen LogP contribution in [0.1, 0.15) is 30.1 Å². The minimum absolute atomic E-state index is 0.138. The topological polar surface area (TPSA) is 62.3 Å². The molecule has 1 saturated heterocycles. The Hall–Kier alpha value is -2.50. The highest BCUT2D eigenvalue weighted by atomic mass is 19.1. The van der Waals surface area contributed by atoms with Gasteiger partial charge >= 0.3 is 0 Å². The van der Waals surface area contributed by atoms with Crippen molar-refractivity contribution in [2.75, 3.05) is 19.6 Å². The molecule has 0 bridgehead atoms. The van der Waals surface area contributed by atoms with E-state index >= 15 is 0 Å². The number of carbonyl (C=O) groups excluding carboxylic acids is 2. The van der Waals surface area contributed by atoms with E-state index in [1.165, 1.54) is 12.3 Å². The Morgan fingerprint density at radius 3 is 3.08 bits per heavy atom. The van der Waals surface area contributed by atoms with E-state index in [1.54, 1.807) is 18.2 Å². The standard InChI is InChI=1S/C18H20FN3O2/c1-2-6-22-11-12(7-16(22)23)9-21-18(24)14-8-13-4-3-5-15(19)17(13)20-10-14/h3-5,8,10,12H,2,6-7,9,11H2,1H3,(H,21,24). The molecule has 1 atom stereocenters. The lowest BCUT2D eigenvalue weighted by Crippen LogP contribution is -2.31. The van der Waals surface area contributed by atoms with Crippen LogP contribution in [0.4, 0.5) is 4.39 Å². The third-order valence-corrected chi connectivity index (χ3v) is 4.26. The van der Waals surface area contributed by atoms with Gasteiger partial charge < -0.3 is 10.2 Å². The summed E-state index contributed by atoms with van der Waals surface area (Å²) >= 11 is 0. The first kappa shape index (κ1) is 16.4. The summed E-state index contributed by atoms with van der Waals surface area (Å²) in [4.78, 5) is 30.0. The molecule has 0 radical (unpaired) electrons. The van der Waals surface area contributed by atoms with Gasteiger partial charge in [-0.25, -0.2) is 4.39 Å². The smallest absolute Gasteiger partial charge is 0.252 e. The van der Waals surface area contributed by atoms with Crippen LogP contribution in [0.3, 0.4) is 0 Å². The average molecular weight is 329 g/mol. The Morgan fingerprint density at radius 1 is 1.46 bits per heavy atom. The number of aromatic nitrogens is 1. The van der Waals surface area contributed by atoms with Gasteiger partial charge in [-0.05, 0) is 18.6 Å². The molecule has 1 aromatic heterocycles. The zero-order valence-electron chi connectivity index (χ0n) is 13.6. The van der Waals surface area contributed by atoms with Crippen molar-refractivity contribution in [3.63, 3.8) is 0 Å². The van der Waals surface area contributed by atoms with E-state index in [4.69, 9.17) is 0 Å².